The second-order valence-electron chi connectivity index (χ2n) is 5.73. The standard InChI is InChI=1S/C18H17BrN2S/c19-14-9-10-16-17-13(14)7-4-8-15(17)20-18(21-16)22-11-12-5-2-1-3-6-12/h1-3,5-6,9-10,15H,4,7-8,11H2,(H,20,21). The maximum absolute atomic E-state index is 4.96. The predicted molar refractivity (Wildman–Crippen MR) is 98.6 cm³/mol. The second kappa shape index (κ2) is 6.09. The summed E-state index contributed by atoms with van der Waals surface area (Å²) in [7, 11) is 0. The fourth-order valence-electron chi connectivity index (χ4n) is 3.22. The SMILES string of the molecule is Brc1ccc2c3c1CCCC3N=C(SCc1ccccc1)N2. The lowest BCUT2D eigenvalue weighted by atomic mass is 9.86. The molecule has 1 aliphatic carbocycles. The fraction of sp³-hybridized carbons (Fsp3) is 0.278. The lowest BCUT2D eigenvalue weighted by molar-refractivity contribution is 0.570. The summed E-state index contributed by atoms with van der Waals surface area (Å²) in [6.45, 7) is 0. The largest absolute Gasteiger partial charge is 0.335 e. The van der Waals surface area contributed by atoms with Crippen LogP contribution < -0.4 is 5.32 Å². The molecule has 22 heavy (non-hydrogen) atoms. The quantitative estimate of drug-likeness (QED) is 0.747. The van der Waals surface area contributed by atoms with Gasteiger partial charge in [-0.3, -0.25) is 4.99 Å². The molecule has 0 amide bonds. The van der Waals surface area contributed by atoms with E-state index in [2.05, 4.69) is 63.7 Å². The van der Waals surface area contributed by atoms with Gasteiger partial charge in [0.15, 0.2) is 5.17 Å². The Balaban J connectivity index is 1.58. The van der Waals surface area contributed by atoms with Gasteiger partial charge in [0, 0.05) is 21.5 Å². The Kier molecular flexibility index (Phi) is 3.97. The van der Waals surface area contributed by atoms with E-state index in [9.17, 15) is 0 Å². The van der Waals surface area contributed by atoms with Crippen molar-refractivity contribution in [1.82, 2.24) is 0 Å². The van der Waals surface area contributed by atoms with Crippen molar-refractivity contribution in [3.8, 4) is 0 Å². The van der Waals surface area contributed by atoms with Gasteiger partial charge in [-0.25, -0.2) is 0 Å². The van der Waals surface area contributed by atoms with Crippen LogP contribution in [-0.2, 0) is 12.2 Å². The van der Waals surface area contributed by atoms with E-state index >= 15 is 0 Å². The summed E-state index contributed by atoms with van der Waals surface area (Å²) in [5, 5.41) is 4.58. The molecular weight excluding hydrogens is 356 g/mol. The molecule has 1 heterocycles. The third-order valence-electron chi connectivity index (χ3n) is 4.27. The molecule has 0 saturated carbocycles. The van der Waals surface area contributed by atoms with Crippen LogP contribution in [0.3, 0.4) is 0 Å². The highest BCUT2D eigenvalue weighted by molar-refractivity contribution is 9.10. The number of hydrogen-bond donors (Lipinski definition) is 1. The zero-order chi connectivity index (χ0) is 14.9. The summed E-state index contributed by atoms with van der Waals surface area (Å²) < 4.78 is 1.23. The maximum atomic E-state index is 4.96. The number of halogens is 1. The number of nitrogens with one attached hydrogen (secondary N) is 1. The monoisotopic (exact) mass is 372 g/mol. The average molecular weight is 373 g/mol. The van der Waals surface area contributed by atoms with E-state index in [1.165, 1.54) is 33.3 Å². The Morgan fingerprint density at radius 3 is 2.91 bits per heavy atom. The molecular formula is C18H17BrN2S. The highest BCUT2D eigenvalue weighted by atomic mass is 79.9. The normalized spacial score (nSPS) is 19.1. The Morgan fingerprint density at radius 2 is 2.05 bits per heavy atom. The van der Waals surface area contributed by atoms with Crippen LogP contribution >= 0.6 is 27.7 Å². The Hall–Kier alpha value is -1.26. The Labute approximate surface area is 143 Å². The van der Waals surface area contributed by atoms with Gasteiger partial charge < -0.3 is 5.32 Å². The van der Waals surface area contributed by atoms with Crippen molar-refractivity contribution in [3.63, 3.8) is 0 Å². The molecule has 1 atom stereocenters. The lowest BCUT2D eigenvalue weighted by Gasteiger charge is -2.31. The minimum absolute atomic E-state index is 0.329. The number of hydrogen-bond acceptors (Lipinski definition) is 3. The summed E-state index contributed by atoms with van der Waals surface area (Å²) in [5.41, 5.74) is 5.43. The topological polar surface area (TPSA) is 24.4 Å². The summed E-state index contributed by atoms with van der Waals surface area (Å²) in [6.07, 6.45) is 3.54. The number of anilines is 1. The molecule has 0 aromatic heterocycles. The van der Waals surface area contributed by atoms with Crippen LogP contribution in [0.5, 0.6) is 0 Å². The minimum atomic E-state index is 0.329. The van der Waals surface area contributed by atoms with Gasteiger partial charge in [0.05, 0.1) is 6.04 Å². The average Bonchev–Trinajstić information content (AvgIpc) is 2.57. The lowest BCUT2D eigenvalue weighted by Crippen LogP contribution is -2.22. The van der Waals surface area contributed by atoms with Crippen LogP contribution in [0.4, 0.5) is 5.69 Å². The van der Waals surface area contributed by atoms with E-state index in [1.807, 2.05) is 0 Å². The number of aliphatic imine (C=N–C) groups is 1. The van der Waals surface area contributed by atoms with Crippen molar-refractivity contribution < 1.29 is 0 Å². The van der Waals surface area contributed by atoms with Gasteiger partial charge in [-0.2, -0.15) is 0 Å². The molecule has 2 aromatic rings. The van der Waals surface area contributed by atoms with Gasteiger partial charge in [-0.05, 0) is 42.5 Å². The third-order valence-corrected chi connectivity index (χ3v) is 5.97. The molecule has 112 valence electrons. The van der Waals surface area contributed by atoms with Crippen molar-refractivity contribution in [1.29, 1.82) is 0 Å². The molecule has 0 radical (unpaired) electrons. The first kappa shape index (κ1) is 14.3. The minimum Gasteiger partial charge on any atom is -0.335 e. The second-order valence-corrected chi connectivity index (χ2v) is 7.55. The van der Waals surface area contributed by atoms with Crippen LogP contribution in [0, 0.1) is 0 Å². The molecule has 1 N–H and O–H groups in total. The van der Waals surface area contributed by atoms with Crippen molar-refractivity contribution in [3.05, 3.63) is 63.6 Å². The van der Waals surface area contributed by atoms with E-state index in [4.69, 9.17) is 4.99 Å². The summed E-state index contributed by atoms with van der Waals surface area (Å²) in [5.74, 6) is 0.956. The number of amidine groups is 1. The molecule has 2 aromatic carbocycles. The highest BCUT2D eigenvalue weighted by Gasteiger charge is 2.28. The van der Waals surface area contributed by atoms with Crippen LogP contribution in [-0.4, -0.2) is 5.17 Å². The van der Waals surface area contributed by atoms with Crippen molar-refractivity contribution in [2.24, 2.45) is 4.99 Å². The van der Waals surface area contributed by atoms with Gasteiger partial charge >= 0.3 is 0 Å². The van der Waals surface area contributed by atoms with Crippen LogP contribution in [0.15, 0.2) is 51.9 Å². The van der Waals surface area contributed by atoms with Crippen molar-refractivity contribution >= 4 is 38.5 Å². The summed E-state index contributed by atoms with van der Waals surface area (Å²) >= 11 is 5.49. The van der Waals surface area contributed by atoms with Gasteiger partial charge in [0.25, 0.3) is 0 Å². The molecule has 0 saturated heterocycles. The first-order chi connectivity index (χ1) is 10.8. The van der Waals surface area contributed by atoms with Gasteiger partial charge in [-0.1, -0.05) is 58.0 Å². The van der Waals surface area contributed by atoms with E-state index in [-0.39, 0.29) is 0 Å². The van der Waals surface area contributed by atoms with Crippen LogP contribution in [0.1, 0.15) is 35.6 Å². The maximum Gasteiger partial charge on any atom is 0.161 e. The Bertz CT molecular complexity index is 727. The molecule has 1 unspecified atom stereocenters. The molecule has 4 heteroatoms. The predicted octanol–water partition coefficient (Wildman–Crippen LogP) is 5.54. The number of rotatable bonds is 2. The highest BCUT2D eigenvalue weighted by Crippen LogP contribution is 2.43. The van der Waals surface area contributed by atoms with E-state index < -0.39 is 0 Å². The number of nitrogens with zero attached hydrogens (tertiary/aromatic N) is 1. The molecule has 1 aliphatic heterocycles. The Morgan fingerprint density at radius 1 is 1.18 bits per heavy atom. The zero-order valence-electron chi connectivity index (χ0n) is 12.2. The van der Waals surface area contributed by atoms with E-state index in [1.54, 1.807) is 11.8 Å². The number of thioether (sulfide) groups is 1. The molecule has 0 bridgehead atoms. The summed E-state index contributed by atoms with van der Waals surface area (Å²) in [6, 6.07) is 15.2. The number of benzene rings is 2. The van der Waals surface area contributed by atoms with Gasteiger partial charge in [0.2, 0.25) is 0 Å². The zero-order valence-corrected chi connectivity index (χ0v) is 14.6. The smallest absolute Gasteiger partial charge is 0.161 e. The molecule has 2 aliphatic rings. The van der Waals surface area contributed by atoms with E-state index in [0.717, 1.165) is 23.8 Å². The summed E-state index contributed by atoms with van der Waals surface area (Å²) in [4.78, 5) is 4.96. The molecule has 2 nitrogen and oxygen atoms in total. The van der Waals surface area contributed by atoms with Crippen LogP contribution in [0.2, 0.25) is 0 Å². The molecule has 0 spiro atoms. The molecule has 0 fully saturated rings. The first-order valence-electron chi connectivity index (χ1n) is 7.64. The van der Waals surface area contributed by atoms with Crippen LogP contribution in [0.25, 0.3) is 0 Å². The third kappa shape index (κ3) is 2.70. The van der Waals surface area contributed by atoms with E-state index in [0.29, 0.717) is 6.04 Å². The van der Waals surface area contributed by atoms with Gasteiger partial charge in [-0.15, -0.1) is 0 Å². The fourth-order valence-corrected chi connectivity index (χ4v) is 4.64. The first-order valence-corrected chi connectivity index (χ1v) is 9.42. The van der Waals surface area contributed by atoms with Crippen molar-refractivity contribution in [2.45, 2.75) is 31.1 Å². The van der Waals surface area contributed by atoms with Crippen molar-refractivity contribution in [2.75, 3.05) is 5.32 Å². The molecule has 4 rings (SSSR count). The van der Waals surface area contributed by atoms with Gasteiger partial charge in [0.1, 0.15) is 0 Å².